The molecule has 1 spiro atoms. The van der Waals surface area contributed by atoms with Gasteiger partial charge in [0.2, 0.25) is 0 Å². The van der Waals surface area contributed by atoms with Gasteiger partial charge in [0, 0.05) is 19.6 Å². The molecule has 2 aliphatic rings. The third-order valence-electron chi connectivity index (χ3n) is 6.10. The molecule has 5 rings (SSSR count). The number of ether oxygens (including phenoxy) is 1. The average molecular weight is 418 g/mol. The van der Waals surface area contributed by atoms with Crippen LogP contribution in [0.25, 0.3) is 5.69 Å². The third kappa shape index (κ3) is 3.36. The number of hydrogen-bond donors (Lipinski definition) is 1. The highest BCUT2D eigenvalue weighted by molar-refractivity contribution is 6.00. The summed E-state index contributed by atoms with van der Waals surface area (Å²) in [5.74, 6) is -0.109. The summed E-state index contributed by atoms with van der Waals surface area (Å²) in [4.78, 5) is 27.5. The summed E-state index contributed by atoms with van der Waals surface area (Å²) in [6.07, 6.45) is 1.37. The van der Waals surface area contributed by atoms with Crippen LogP contribution < -0.4 is 5.32 Å². The minimum atomic E-state index is -0.668. The molecule has 0 radical (unpaired) electrons. The maximum atomic E-state index is 13.1. The van der Waals surface area contributed by atoms with Crippen LogP contribution in [0.5, 0.6) is 0 Å². The molecule has 2 aliphatic heterocycles. The standard InChI is InChI=1S/C22H22N6O3/c1-31-20(30)16-7-8-17-18(13-16)28-21(24-25-26-28)22(23-19(17)29)9-11-27(12-10-22)14-15-5-3-2-4-6-15/h2-8,13H,9-12,14H2,1H3,(H,23,29). The Hall–Kier alpha value is -3.59. The van der Waals surface area contributed by atoms with E-state index in [1.165, 1.54) is 12.7 Å². The van der Waals surface area contributed by atoms with E-state index in [-0.39, 0.29) is 5.91 Å². The fourth-order valence-electron chi connectivity index (χ4n) is 4.42. The minimum absolute atomic E-state index is 0.213. The number of rotatable bonds is 3. The van der Waals surface area contributed by atoms with Gasteiger partial charge in [-0.25, -0.2) is 4.79 Å². The molecule has 31 heavy (non-hydrogen) atoms. The van der Waals surface area contributed by atoms with E-state index in [0.29, 0.717) is 35.5 Å². The topological polar surface area (TPSA) is 102 Å². The van der Waals surface area contributed by atoms with Crippen LogP contribution in [-0.4, -0.2) is 57.2 Å². The number of methoxy groups -OCH3 is 1. The largest absolute Gasteiger partial charge is 0.465 e. The number of nitrogens with one attached hydrogen (secondary N) is 1. The second kappa shape index (κ2) is 7.59. The van der Waals surface area contributed by atoms with Crippen LogP contribution >= 0.6 is 0 Å². The van der Waals surface area contributed by atoms with E-state index in [1.54, 1.807) is 22.9 Å². The molecule has 0 saturated carbocycles. The summed E-state index contributed by atoms with van der Waals surface area (Å²) in [5.41, 5.74) is 1.83. The Morgan fingerprint density at radius 1 is 1.16 bits per heavy atom. The van der Waals surface area contributed by atoms with Crippen molar-refractivity contribution >= 4 is 11.9 Å². The van der Waals surface area contributed by atoms with E-state index in [0.717, 1.165) is 19.6 Å². The van der Waals surface area contributed by atoms with Crippen molar-refractivity contribution in [1.29, 1.82) is 0 Å². The molecule has 3 aromatic rings. The lowest BCUT2D eigenvalue weighted by molar-refractivity contribution is 0.0600. The summed E-state index contributed by atoms with van der Waals surface area (Å²) >= 11 is 0. The van der Waals surface area contributed by atoms with Gasteiger partial charge >= 0.3 is 5.97 Å². The van der Waals surface area contributed by atoms with Crippen molar-refractivity contribution in [2.45, 2.75) is 24.9 Å². The van der Waals surface area contributed by atoms with Crippen LogP contribution in [0.4, 0.5) is 0 Å². The maximum absolute atomic E-state index is 13.1. The Bertz CT molecular complexity index is 1140. The highest BCUT2D eigenvalue weighted by Gasteiger charge is 2.45. The number of esters is 1. The summed E-state index contributed by atoms with van der Waals surface area (Å²) in [5, 5.41) is 15.5. The highest BCUT2D eigenvalue weighted by atomic mass is 16.5. The lowest BCUT2D eigenvalue weighted by Crippen LogP contribution is -2.53. The third-order valence-corrected chi connectivity index (χ3v) is 6.10. The van der Waals surface area contributed by atoms with Gasteiger partial charge in [-0.1, -0.05) is 30.3 Å². The number of benzene rings is 2. The van der Waals surface area contributed by atoms with E-state index >= 15 is 0 Å². The first-order valence-electron chi connectivity index (χ1n) is 10.2. The van der Waals surface area contributed by atoms with Gasteiger partial charge in [-0.2, -0.15) is 4.68 Å². The Labute approximate surface area is 179 Å². The van der Waals surface area contributed by atoms with Crippen LogP contribution in [-0.2, 0) is 16.8 Å². The summed E-state index contributed by atoms with van der Waals surface area (Å²) in [6.45, 7) is 2.45. The van der Waals surface area contributed by atoms with Gasteiger partial charge in [-0.3, -0.25) is 9.69 Å². The Kier molecular flexibility index (Phi) is 4.74. The normalized spacial score (nSPS) is 17.4. The molecule has 9 nitrogen and oxygen atoms in total. The molecule has 1 amide bonds. The van der Waals surface area contributed by atoms with Gasteiger partial charge in [0.05, 0.1) is 23.9 Å². The summed E-state index contributed by atoms with van der Waals surface area (Å²) in [6, 6.07) is 15.1. The number of carbonyl (C=O) groups is 2. The Balaban J connectivity index is 1.46. The molecular formula is C22H22N6O3. The van der Waals surface area contributed by atoms with Crippen molar-refractivity contribution in [2.75, 3.05) is 20.2 Å². The number of likely N-dealkylation sites (tertiary alicyclic amines) is 1. The van der Waals surface area contributed by atoms with Crippen LogP contribution in [0.1, 0.15) is 44.9 Å². The Morgan fingerprint density at radius 2 is 1.94 bits per heavy atom. The zero-order valence-corrected chi connectivity index (χ0v) is 17.1. The van der Waals surface area contributed by atoms with Crippen molar-refractivity contribution in [3.8, 4) is 5.69 Å². The van der Waals surface area contributed by atoms with Crippen LogP contribution in [0, 0.1) is 0 Å². The highest BCUT2D eigenvalue weighted by Crippen LogP contribution is 2.36. The van der Waals surface area contributed by atoms with Gasteiger partial charge in [0.15, 0.2) is 5.82 Å². The minimum Gasteiger partial charge on any atom is -0.465 e. The molecule has 1 saturated heterocycles. The number of aromatic nitrogens is 4. The van der Waals surface area contributed by atoms with E-state index in [1.807, 2.05) is 18.2 Å². The molecule has 1 fully saturated rings. The molecule has 158 valence electrons. The van der Waals surface area contributed by atoms with Gasteiger partial charge < -0.3 is 10.1 Å². The molecule has 2 aromatic carbocycles. The van der Waals surface area contributed by atoms with Crippen molar-refractivity contribution in [2.24, 2.45) is 0 Å². The zero-order chi connectivity index (χ0) is 21.4. The lowest BCUT2D eigenvalue weighted by Gasteiger charge is -2.40. The van der Waals surface area contributed by atoms with E-state index in [4.69, 9.17) is 4.74 Å². The van der Waals surface area contributed by atoms with Crippen LogP contribution in [0.15, 0.2) is 48.5 Å². The molecule has 0 aliphatic carbocycles. The van der Waals surface area contributed by atoms with E-state index in [9.17, 15) is 9.59 Å². The number of fused-ring (bicyclic) bond motifs is 4. The van der Waals surface area contributed by atoms with Crippen molar-refractivity contribution < 1.29 is 14.3 Å². The summed E-state index contributed by atoms with van der Waals surface area (Å²) < 4.78 is 6.40. The number of piperidine rings is 1. The molecule has 0 atom stereocenters. The molecular weight excluding hydrogens is 396 g/mol. The number of amides is 1. The summed E-state index contributed by atoms with van der Waals surface area (Å²) in [7, 11) is 1.32. The number of carbonyl (C=O) groups excluding carboxylic acids is 2. The first-order chi connectivity index (χ1) is 15.1. The predicted molar refractivity (Wildman–Crippen MR) is 111 cm³/mol. The fourth-order valence-corrected chi connectivity index (χ4v) is 4.42. The van der Waals surface area contributed by atoms with Crippen LogP contribution in [0.2, 0.25) is 0 Å². The first-order valence-corrected chi connectivity index (χ1v) is 10.2. The predicted octanol–water partition coefficient (Wildman–Crippen LogP) is 1.68. The lowest BCUT2D eigenvalue weighted by atomic mass is 9.86. The van der Waals surface area contributed by atoms with Gasteiger partial charge in [0.1, 0.15) is 5.54 Å². The van der Waals surface area contributed by atoms with Gasteiger partial charge in [0.25, 0.3) is 5.91 Å². The van der Waals surface area contributed by atoms with E-state index in [2.05, 4.69) is 37.9 Å². The maximum Gasteiger partial charge on any atom is 0.337 e. The molecule has 1 aromatic heterocycles. The zero-order valence-electron chi connectivity index (χ0n) is 17.1. The van der Waals surface area contributed by atoms with E-state index < -0.39 is 11.5 Å². The molecule has 0 bridgehead atoms. The van der Waals surface area contributed by atoms with Crippen molar-refractivity contribution in [3.63, 3.8) is 0 Å². The van der Waals surface area contributed by atoms with Crippen LogP contribution in [0.3, 0.4) is 0 Å². The quantitative estimate of drug-likeness (QED) is 0.646. The van der Waals surface area contributed by atoms with Crippen molar-refractivity contribution in [1.82, 2.24) is 30.4 Å². The second-order valence-corrected chi connectivity index (χ2v) is 7.94. The first kappa shape index (κ1) is 19.4. The molecule has 0 unspecified atom stereocenters. The SMILES string of the molecule is COC(=O)c1ccc2c(c1)-n1nnnc1C1(CCN(Cc3ccccc3)CC1)NC2=O. The smallest absolute Gasteiger partial charge is 0.337 e. The number of hydrogen-bond acceptors (Lipinski definition) is 7. The monoisotopic (exact) mass is 418 g/mol. The Morgan fingerprint density at radius 3 is 2.68 bits per heavy atom. The fraction of sp³-hybridized carbons (Fsp3) is 0.318. The second-order valence-electron chi connectivity index (χ2n) is 7.94. The number of nitrogens with zero attached hydrogens (tertiary/aromatic N) is 5. The number of tetrazole rings is 1. The molecule has 9 heteroatoms. The molecule has 3 heterocycles. The van der Waals surface area contributed by atoms with Crippen molar-refractivity contribution in [3.05, 3.63) is 71.0 Å². The van der Waals surface area contributed by atoms with Gasteiger partial charge in [-0.15, -0.1) is 5.10 Å². The average Bonchev–Trinajstić information content (AvgIpc) is 3.28. The van der Waals surface area contributed by atoms with Gasteiger partial charge in [-0.05, 0) is 47.0 Å². The molecule has 1 N–H and O–H groups in total.